The summed E-state index contributed by atoms with van der Waals surface area (Å²) < 4.78 is 0. The highest BCUT2D eigenvalue weighted by molar-refractivity contribution is 5.73. The number of carbonyl (C=O) groups is 1. The molecule has 0 spiro atoms. The summed E-state index contributed by atoms with van der Waals surface area (Å²) >= 11 is 0. The molecule has 2 N–H and O–H groups in total. The zero-order valence-corrected chi connectivity index (χ0v) is 20.8. The van der Waals surface area contributed by atoms with Crippen molar-refractivity contribution in [3.8, 4) is 5.75 Å². The predicted molar refractivity (Wildman–Crippen MR) is 132 cm³/mol. The number of allylic oxidation sites excluding steroid dienone is 2. The average molecular weight is 438 g/mol. The number of amides is 1. The van der Waals surface area contributed by atoms with Crippen LogP contribution in [0, 0.1) is 23.2 Å². The van der Waals surface area contributed by atoms with Crippen LogP contribution in [0.1, 0.15) is 103 Å². The minimum absolute atomic E-state index is 0.0659. The molecule has 1 amide bonds. The maximum atomic E-state index is 11.4. The zero-order chi connectivity index (χ0) is 23.1. The van der Waals surface area contributed by atoms with Crippen LogP contribution in [0.25, 0.3) is 0 Å². The van der Waals surface area contributed by atoms with Crippen molar-refractivity contribution < 1.29 is 9.90 Å². The van der Waals surface area contributed by atoms with Crippen molar-refractivity contribution in [3.05, 3.63) is 41.0 Å². The molecular weight excluding hydrogens is 394 g/mol. The van der Waals surface area contributed by atoms with E-state index < -0.39 is 0 Å². The Hall–Kier alpha value is -1.77. The van der Waals surface area contributed by atoms with Gasteiger partial charge in [-0.25, -0.2) is 0 Å². The van der Waals surface area contributed by atoms with Gasteiger partial charge in [0.2, 0.25) is 5.91 Å². The third kappa shape index (κ3) is 4.50. The fourth-order valence-electron chi connectivity index (χ4n) is 7.65. The fourth-order valence-corrected chi connectivity index (χ4v) is 7.65. The molecule has 4 rings (SSSR count). The first-order valence-electron chi connectivity index (χ1n) is 12.9. The molecule has 0 aromatic heterocycles. The van der Waals surface area contributed by atoms with Crippen molar-refractivity contribution in [2.24, 2.45) is 23.2 Å². The molecule has 1 aromatic carbocycles. The number of aryl methyl sites for hydroxylation is 1. The van der Waals surface area contributed by atoms with Gasteiger partial charge in [-0.1, -0.05) is 44.4 Å². The van der Waals surface area contributed by atoms with E-state index in [1.807, 2.05) is 12.1 Å². The van der Waals surface area contributed by atoms with Crippen molar-refractivity contribution in [2.75, 3.05) is 0 Å². The molecule has 3 aliphatic rings. The molecule has 1 fully saturated rings. The number of rotatable bonds is 7. The van der Waals surface area contributed by atoms with E-state index in [1.165, 1.54) is 56.1 Å². The Morgan fingerprint density at radius 3 is 2.81 bits per heavy atom. The molecule has 3 heteroatoms. The van der Waals surface area contributed by atoms with E-state index in [9.17, 15) is 9.90 Å². The van der Waals surface area contributed by atoms with Gasteiger partial charge in [-0.3, -0.25) is 4.79 Å². The number of unbranched alkanes of at least 4 members (excludes halogenated alkanes) is 1. The van der Waals surface area contributed by atoms with E-state index >= 15 is 0 Å². The summed E-state index contributed by atoms with van der Waals surface area (Å²) in [5, 5.41) is 13.0. The third-order valence-corrected chi connectivity index (χ3v) is 9.09. The van der Waals surface area contributed by atoms with Gasteiger partial charge >= 0.3 is 0 Å². The summed E-state index contributed by atoms with van der Waals surface area (Å²) in [6, 6.07) is 6.11. The van der Waals surface area contributed by atoms with Crippen LogP contribution in [0.2, 0.25) is 0 Å². The summed E-state index contributed by atoms with van der Waals surface area (Å²) in [4.78, 5) is 11.4. The average Bonchev–Trinajstić information content (AvgIpc) is 3.07. The highest BCUT2D eigenvalue weighted by Gasteiger charge is 2.52. The zero-order valence-electron chi connectivity index (χ0n) is 20.8. The lowest BCUT2D eigenvalue weighted by Crippen LogP contribution is -2.42. The molecule has 3 nitrogen and oxygen atoms in total. The van der Waals surface area contributed by atoms with Gasteiger partial charge in [0, 0.05) is 12.5 Å². The van der Waals surface area contributed by atoms with Gasteiger partial charge < -0.3 is 10.4 Å². The number of phenols is 1. The van der Waals surface area contributed by atoms with Crippen LogP contribution < -0.4 is 5.32 Å². The van der Waals surface area contributed by atoms with E-state index in [0.717, 1.165) is 24.7 Å². The van der Waals surface area contributed by atoms with Gasteiger partial charge in [0.1, 0.15) is 5.75 Å². The predicted octanol–water partition coefficient (Wildman–Crippen LogP) is 6.90. The van der Waals surface area contributed by atoms with Crippen molar-refractivity contribution in [1.82, 2.24) is 5.32 Å². The lowest BCUT2D eigenvalue weighted by molar-refractivity contribution is -0.120. The van der Waals surface area contributed by atoms with Crippen molar-refractivity contribution in [1.29, 1.82) is 0 Å². The van der Waals surface area contributed by atoms with Crippen LogP contribution in [0.15, 0.2) is 29.8 Å². The summed E-state index contributed by atoms with van der Waals surface area (Å²) in [6.07, 6.45) is 13.5. The maximum absolute atomic E-state index is 11.4. The van der Waals surface area contributed by atoms with E-state index in [2.05, 4.69) is 45.2 Å². The Balaban J connectivity index is 1.36. The van der Waals surface area contributed by atoms with E-state index in [4.69, 9.17) is 0 Å². The Morgan fingerprint density at radius 2 is 2.06 bits per heavy atom. The van der Waals surface area contributed by atoms with Gasteiger partial charge in [0.05, 0.1) is 0 Å². The quantitative estimate of drug-likeness (QED) is 0.360. The van der Waals surface area contributed by atoms with Crippen molar-refractivity contribution in [3.63, 3.8) is 0 Å². The second-order valence-corrected chi connectivity index (χ2v) is 11.9. The molecule has 0 aliphatic heterocycles. The van der Waals surface area contributed by atoms with Gasteiger partial charge in [-0.05, 0) is 111 Å². The number of carbonyl (C=O) groups excluding carboxylic acids is 1. The van der Waals surface area contributed by atoms with Crippen LogP contribution in [-0.4, -0.2) is 16.6 Å². The summed E-state index contributed by atoms with van der Waals surface area (Å²) in [5.41, 5.74) is 4.90. The van der Waals surface area contributed by atoms with Crippen LogP contribution in [0.3, 0.4) is 0 Å². The van der Waals surface area contributed by atoms with Crippen LogP contribution >= 0.6 is 0 Å². The molecule has 1 aromatic rings. The Bertz CT molecular complexity index is 885. The normalized spacial score (nSPS) is 30.0. The van der Waals surface area contributed by atoms with Crippen LogP contribution in [0.4, 0.5) is 0 Å². The van der Waals surface area contributed by atoms with Gasteiger partial charge in [0.25, 0.3) is 0 Å². The molecule has 32 heavy (non-hydrogen) atoms. The Labute approximate surface area is 195 Å². The van der Waals surface area contributed by atoms with Gasteiger partial charge in [0.15, 0.2) is 0 Å². The summed E-state index contributed by atoms with van der Waals surface area (Å²) in [5.74, 6) is 3.37. The van der Waals surface area contributed by atoms with E-state index in [0.29, 0.717) is 23.0 Å². The molecule has 0 heterocycles. The van der Waals surface area contributed by atoms with E-state index in [1.54, 1.807) is 12.5 Å². The SMILES string of the molecule is CC(=O)NC(C)(C)CCCC[C@@H](C)C1=CC[C@H]2[C@@H]3CCc4cc(O)ccc4[C@H]3CC[C@]12C. The first-order valence-corrected chi connectivity index (χ1v) is 12.9. The standard InChI is InChI=1S/C29H43NO2/c1-19(8-6-7-16-28(3,4)30-20(2)31)26-13-14-27-25-11-9-21-18-22(32)10-12-23(21)24(25)15-17-29(26,27)5/h10,12-13,18-19,24-25,27,32H,6-9,11,14-17H2,1-5H3,(H,30,31)/t19-,24-,25-,27+,29-/m1/s1. The van der Waals surface area contributed by atoms with Gasteiger partial charge in [-0.15, -0.1) is 0 Å². The second kappa shape index (κ2) is 8.88. The number of phenolic OH excluding ortho intramolecular Hbond substituents is 1. The molecule has 0 saturated heterocycles. The number of hydrogen-bond acceptors (Lipinski definition) is 2. The van der Waals surface area contributed by atoms with Crippen LogP contribution in [-0.2, 0) is 11.2 Å². The molecule has 0 radical (unpaired) electrons. The molecule has 3 aliphatic carbocycles. The second-order valence-electron chi connectivity index (χ2n) is 11.9. The topological polar surface area (TPSA) is 49.3 Å². The molecular formula is C29H43NO2. The Kier molecular flexibility index (Phi) is 6.49. The van der Waals surface area contributed by atoms with E-state index in [-0.39, 0.29) is 11.4 Å². The number of aromatic hydroxyl groups is 1. The fraction of sp³-hybridized carbons (Fsp3) is 0.690. The maximum Gasteiger partial charge on any atom is 0.217 e. The lowest BCUT2D eigenvalue weighted by Gasteiger charge is -2.51. The van der Waals surface area contributed by atoms with Gasteiger partial charge in [-0.2, -0.15) is 0 Å². The number of fused-ring (bicyclic) bond motifs is 5. The number of nitrogens with one attached hydrogen (secondary N) is 1. The summed E-state index contributed by atoms with van der Waals surface area (Å²) in [6.45, 7) is 10.9. The monoisotopic (exact) mass is 437 g/mol. The minimum atomic E-state index is -0.106. The summed E-state index contributed by atoms with van der Waals surface area (Å²) in [7, 11) is 0. The number of benzene rings is 1. The largest absolute Gasteiger partial charge is 0.508 e. The highest BCUT2D eigenvalue weighted by Crippen LogP contribution is 2.62. The third-order valence-electron chi connectivity index (χ3n) is 9.09. The molecule has 5 atom stereocenters. The molecule has 0 bridgehead atoms. The first kappa shape index (κ1) is 23.4. The number of hydrogen-bond donors (Lipinski definition) is 2. The Morgan fingerprint density at radius 1 is 1.28 bits per heavy atom. The first-order chi connectivity index (χ1) is 15.1. The lowest BCUT2D eigenvalue weighted by atomic mass is 9.53. The van der Waals surface area contributed by atoms with Crippen molar-refractivity contribution in [2.45, 2.75) is 104 Å². The van der Waals surface area contributed by atoms with Crippen LogP contribution in [0.5, 0.6) is 5.75 Å². The minimum Gasteiger partial charge on any atom is -0.508 e. The molecule has 0 unspecified atom stereocenters. The molecule has 1 saturated carbocycles. The highest BCUT2D eigenvalue weighted by atomic mass is 16.3. The van der Waals surface area contributed by atoms with Crippen molar-refractivity contribution >= 4 is 5.91 Å². The smallest absolute Gasteiger partial charge is 0.217 e. The molecule has 176 valence electrons.